The van der Waals surface area contributed by atoms with Crippen molar-refractivity contribution in [2.75, 3.05) is 5.32 Å². The molecule has 3 aromatic rings. The van der Waals surface area contributed by atoms with Gasteiger partial charge >= 0.3 is 11.9 Å². The lowest BCUT2D eigenvalue weighted by Gasteiger charge is -2.13. The highest BCUT2D eigenvalue weighted by molar-refractivity contribution is 6.02. The number of carboxylic acid groups (broad SMARTS) is 2. The van der Waals surface area contributed by atoms with Gasteiger partial charge in [-0.25, -0.2) is 9.59 Å². The van der Waals surface area contributed by atoms with Crippen LogP contribution in [0.1, 0.15) is 26.3 Å². The molecule has 130 valence electrons. The van der Waals surface area contributed by atoms with Crippen molar-refractivity contribution in [3.8, 4) is 11.1 Å². The third-order valence-electron chi connectivity index (χ3n) is 4.15. The molecule has 0 bridgehead atoms. The SMILES string of the molecule is Cc1c(C(=O)O)ccc(-c2cccc(Nc3ccccc3)c2)c1C(=O)O. The van der Waals surface area contributed by atoms with Crippen molar-refractivity contribution in [3.05, 3.63) is 83.4 Å². The number of nitrogens with one attached hydrogen (secondary N) is 1. The Morgan fingerprint density at radius 3 is 2.15 bits per heavy atom. The normalized spacial score (nSPS) is 10.3. The third kappa shape index (κ3) is 3.42. The van der Waals surface area contributed by atoms with Crippen LogP contribution in [0.2, 0.25) is 0 Å². The minimum Gasteiger partial charge on any atom is -0.478 e. The molecule has 3 aromatic carbocycles. The highest BCUT2D eigenvalue weighted by atomic mass is 16.4. The van der Waals surface area contributed by atoms with Gasteiger partial charge in [-0.05, 0) is 53.9 Å². The summed E-state index contributed by atoms with van der Waals surface area (Å²) >= 11 is 0. The first-order chi connectivity index (χ1) is 12.5. The van der Waals surface area contributed by atoms with E-state index in [4.69, 9.17) is 0 Å². The fourth-order valence-corrected chi connectivity index (χ4v) is 2.91. The van der Waals surface area contributed by atoms with E-state index in [1.807, 2.05) is 48.5 Å². The summed E-state index contributed by atoms with van der Waals surface area (Å²) in [6.07, 6.45) is 0. The maximum Gasteiger partial charge on any atom is 0.336 e. The van der Waals surface area contributed by atoms with Crippen LogP contribution < -0.4 is 5.32 Å². The maximum atomic E-state index is 11.8. The summed E-state index contributed by atoms with van der Waals surface area (Å²) in [5.41, 5.74) is 3.14. The van der Waals surface area contributed by atoms with Crippen molar-refractivity contribution in [2.24, 2.45) is 0 Å². The molecule has 0 fully saturated rings. The number of aromatic carboxylic acids is 2. The zero-order valence-corrected chi connectivity index (χ0v) is 14.1. The van der Waals surface area contributed by atoms with Crippen LogP contribution in [0.5, 0.6) is 0 Å². The van der Waals surface area contributed by atoms with Crippen molar-refractivity contribution in [2.45, 2.75) is 6.92 Å². The lowest BCUT2D eigenvalue weighted by atomic mass is 9.92. The van der Waals surface area contributed by atoms with Crippen LogP contribution in [-0.4, -0.2) is 22.2 Å². The van der Waals surface area contributed by atoms with Gasteiger partial charge < -0.3 is 15.5 Å². The van der Waals surface area contributed by atoms with E-state index in [0.29, 0.717) is 11.1 Å². The second kappa shape index (κ2) is 7.11. The van der Waals surface area contributed by atoms with Crippen molar-refractivity contribution >= 4 is 23.3 Å². The van der Waals surface area contributed by atoms with Gasteiger partial charge in [0.25, 0.3) is 0 Å². The van der Waals surface area contributed by atoms with Gasteiger partial charge in [-0.3, -0.25) is 0 Å². The van der Waals surface area contributed by atoms with Crippen molar-refractivity contribution in [1.29, 1.82) is 0 Å². The van der Waals surface area contributed by atoms with Gasteiger partial charge in [0.2, 0.25) is 0 Å². The van der Waals surface area contributed by atoms with Gasteiger partial charge in [-0.1, -0.05) is 36.4 Å². The van der Waals surface area contributed by atoms with Crippen molar-refractivity contribution in [3.63, 3.8) is 0 Å². The lowest BCUT2D eigenvalue weighted by molar-refractivity contribution is 0.0696. The second-order valence-corrected chi connectivity index (χ2v) is 5.84. The smallest absolute Gasteiger partial charge is 0.336 e. The molecule has 0 atom stereocenters. The monoisotopic (exact) mass is 347 g/mol. The van der Waals surface area contributed by atoms with Gasteiger partial charge in [0.15, 0.2) is 0 Å². The molecule has 0 spiro atoms. The minimum absolute atomic E-state index is 0.00163. The average molecular weight is 347 g/mol. The standard InChI is InChI=1S/C21H17NO4/c1-13-17(20(23)24)10-11-18(19(13)21(25)26)14-6-5-9-16(12-14)22-15-7-3-2-4-8-15/h2-12,22H,1H3,(H,23,24)(H,25,26). The van der Waals surface area contributed by atoms with E-state index in [-0.39, 0.29) is 16.7 Å². The van der Waals surface area contributed by atoms with E-state index in [1.54, 1.807) is 12.1 Å². The largest absolute Gasteiger partial charge is 0.478 e. The van der Waals surface area contributed by atoms with Gasteiger partial charge in [0.1, 0.15) is 0 Å². The molecule has 26 heavy (non-hydrogen) atoms. The summed E-state index contributed by atoms with van der Waals surface area (Å²) in [6, 6.07) is 20.0. The summed E-state index contributed by atoms with van der Waals surface area (Å²) in [5, 5.41) is 22.1. The summed E-state index contributed by atoms with van der Waals surface area (Å²) in [5.74, 6) is -2.29. The second-order valence-electron chi connectivity index (χ2n) is 5.84. The summed E-state index contributed by atoms with van der Waals surface area (Å²) in [4.78, 5) is 23.1. The number of carbonyl (C=O) groups is 2. The Balaban J connectivity index is 2.07. The Hall–Kier alpha value is -3.60. The number of carboxylic acids is 2. The predicted molar refractivity (Wildman–Crippen MR) is 100 cm³/mol. The fraction of sp³-hybridized carbons (Fsp3) is 0.0476. The van der Waals surface area contributed by atoms with Crippen LogP contribution in [0.4, 0.5) is 11.4 Å². The fourth-order valence-electron chi connectivity index (χ4n) is 2.91. The summed E-state index contributed by atoms with van der Waals surface area (Å²) in [7, 11) is 0. The zero-order valence-electron chi connectivity index (χ0n) is 14.1. The molecule has 0 aliphatic rings. The highest BCUT2D eigenvalue weighted by Gasteiger charge is 2.20. The number of rotatable bonds is 5. The molecule has 0 aliphatic heterocycles. The van der Waals surface area contributed by atoms with E-state index in [0.717, 1.165) is 11.4 Å². The molecular weight excluding hydrogens is 330 g/mol. The molecular formula is C21H17NO4. The Kier molecular flexibility index (Phi) is 4.71. The van der Waals surface area contributed by atoms with Crippen molar-refractivity contribution < 1.29 is 19.8 Å². The molecule has 0 radical (unpaired) electrons. The van der Waals surface area contributed by atoms with Gasteiger partial charge in [0.05, 0.1) is 11.1 Å². The number of benzene rings is 3. The maximum absolute atomic E-state index is 11.8. The van der Waals surface area contributed by atoms with Gasteiger partial charge in [0, 0.05) is 11.4 Å². The van der Waals surface area contributed by atoms with Crippen LogP contribution in [0.25, 0.3) is 11.1 Å². The van der Waals surface area contributed by atoms with Crippen LogP contribution in [0.3, 0.4) is 0 Å². The molecule has 3 rings (SSSR count). The first-order valence-electron chi connectivity index (χ1n) is 8.00. The first-order valence-corrected chi connectivity index (χ1v) is 8.00. The Morgan fingerprint density at radius 1 is 0.808 bits per heavy atom. The topological polar surface area (TPSA) is 86.6 Å². The van der Waals surface area contributed by atoms with E-state index >= 15 is 0 Å². The number of hydrogen-bond donors (Lipinski definition) is 3. The van der Waals surface area contributed by atoms with Crippen LogP contribution in [0.15, 0.2) is 66.7 Å². The molecule has 0 saturated carbocycles. The summed E-state index contributed by atoms with van der Waals surface area (Å²) in [6.45, 7) is 1.52. The van der Waals surface area contributed by atoms with E-state index in [9.17, 15) is 19.8 Å². The molecule has 0 aliphatic carbocycles. The Bertz CT molecular complexity index is 981. The number of hydrogen-bond acceptors (Lipinski definition) is 3. The predicted octanol–water partition coefficient (Wildman–Crippen LogP) is 4.80. The highest BCUT2D eigenvalue weighted by Crippen LogP contribution is 2.31. The summed E-state index contributed by atoms with van der Waals surface area (Å²) < 4.78 is 0. The number of anilines is 2. The average Bonchev–Trinajstić information content (AvgIpc) is 2.62. The molecule has 3 N–H and O–H groups in total. The molecule has 0 amide bonds. The molecule has 0 aromatic heterocycles. The molecule has 0 unspecified atom stereocenters. The molecule has 0 saturated heterocycles. The molecule has 0 heterocycles. The lowest BCUT2D eigenvalue weighted by Crippen LogP contribution is -2.09. The number of para-hydroxylation sites is 1. The van der Waals surface area contributed by atoms with Crippen LogP contribution >= 0.6 is 0 Å². The third-order valence-corrected chi connectivity index (χ3v) is 4.15. The van der Waals surface area contributed by atoms with Gasteiger partial charge in [-0.15, -0.1) is 0 Å². The minimum atomic E-state index is -1.15. The van der Waals surface area contributed by atoms with E-state index < -0.39 is 11.9 Å². The van der Waals surface area contributed by atoms with E-state index in [2.05, 4.69) is 5.32 Å². The van der Waals surface area contributed by atoms with Crippen LogP contribution in [0, 0.1) is 6.92 Å². The molecule has 5 heteroatoms. The van der Waals surface area contributed by atoms with Gasteiger partial charge in [-0.2, -0.15) is 0 Å². The zero-order chi connectivity index (χ0) is 18.7. The van der Waals surface area contributed by atoms with Crippen molar-refractivity contribution in [1.82, 2.24) is 0 Å². The first kappa shape index (κ1) is 17.2. The Morgan fingerprint density at radius 2 is 1.50 bits per heavy atom. The molecule has 5 nitrogen and oxygen atoms in total. The van der Waals surface area contributed by atoms with E-state index in [1.165, 1.54) is 13.0 Å². The Labute approximate surface area is 150 Å². The quantitative estimate of drug-likeness (QED) is 0.617. The van der Waals surface area contributed by atoms with Crippen LogP contribution in [-0.2, 0) is 0 Å².